The minimum atomic E-state index is -0.749. The summed E-state index contributed by atoms with van der Waals surface area (Å²) in [6, 6.07) is 4.59. The van der Waals surface area contributed by atoms with Crippen LogP contribution in [0.3, 0.4) is 0 Å². The van der Waals surface area contributed by atoms with Crippen molar-refractivity contribution in [2.45, 2.75) is 6.92 Å². The molecule has 2 heterocycles. The van der Waals surface area contributed by atoms with Crippen molar-refractivity contribution in [2.75, 3.05) is 12.4 Å². The first kappa shape index (κ1) is 17.5. The predicted molar refractivity (Wildman–Crippen MR) is 88.1 cm³/mol. The molecule has 6 nitrogen and oxygen atoms in total. The lowest BCUT2D eigenvalue weighted by Gasteiger charge is -2.12. The Morgan fingerprint density at radius 1 is 1.17 bits per heavy atom. The second-order valence-electron chi connectivity index (χ2n) is 4.36. The van der Waals surface area contributed by atoms with E-state index < -0.39 is 5.97 Å². The van der Waals surface area contributed by atoms with E-state index >= 15 is 0 Å². The van der Waals surface area contributed by atoms with Crippen molar-refractivity contribution in [1.82, 2.24) is 9.97 Å². The Morgan fingerprint density at radius 3 is 2.43 bits per heavy atom. The van der Waals surface area contributed by atoms with Crippen molar-refractivity contribution in [3.8, 4) is 11.3 Å². The molecule has 0 saturated heterocycles. The number of aromatic nitrogens is 2. The Labute approximate surface area is 146 Å². The predicted octanol–water partition coefficient (Wildman–Crippen LogP) is 3.85. The summed E-state index contributed by atoms with van der Waals surface area (Å²) in [5.41, 5.74) is 0.759. The van der Waals surface area contributed by atoms with Crippen LogP contribution in [-0.4, -0.2) is 29.0 Å². The highest BCUT2D eigenvalue weighted by Gasteiger charge is 2.20. The van der Waals surface area contributed by atoms with Gasteiger partial charge in [0, 0.05) is 12.5 Å². The van der Waals surface area contributed by atoms with Gasteiger partial charge in [-0.05, 0) is 18.2 Å². The molecule has 1 amide bonds. The van der Waals surface area contributed by atoms with Gasteiger partial charge in [-0.3, -0.25) is 4.79 Å². The third kappa shape index (κ3) is 3.90. The van der Waals surface area contributed by atoms with Crippen LogP contribution in [0.2, 0.25) is 15.3 Å². The average Bonchev–Trinajstić information content (AvgIpc) is 2.48. The van der Waals surface area contributed by atoms with Gasteiger partial charge in [0.2, 0.25) is 5.91 Å². The quantitative estimate of drug-likeness (QED) is 0.652. The third-order valence-corrected chi connectivity index (χ3v) is 3.62. The number of carbonyl (C=O) groups is 2. The van der Waals surface area contributed by atoms with Crippen LogP contribution in [0.4, 0.5) is 5.69 Å². The number of amides is 1. The highest BCUT2D eigenvalue weighted by Crippen LogP contribution is 2.33. The summed E-state index contributed by atoms with van der Waals surface area (Å²) in [7, 11) is 1.20. The number of pyridine rings is 2. The number of nitrogens with one attached hydrogen (secondary N) is 1. The maximum Gasteiger partial charge on any atom is 0.358 e. The van der Waals surface area contributed by atoms with E-state index in [0.29, 0.717) is 5.56 Å². The fourth-order valence-electron chi connectivity index (χ4n) is 1.78. The summed E-state index contributed by atoms with van der Waals surface area (Å²) in [5, 5.41) is 2.80. The van der Waals surface area contributed by atoms with Gasteiger partial charge < -0.3 is 10.1 Å². The fraction of sp³-hybridized carbons (Fsp3) is 0.143. The average molecular weight is 375 g/mol. The van der Waals surface area contributed by atoms with Gasteiger partial charge in [-0.1, -0.05) is 34.8 Å². The molecule has 0 aliphatic heterocycles. The van der Waals surface area contributed by atoms with Crippen LogP contribution in [0.25, 0.3) is 11.3 Å². The van der Waals surface area contributed by atoms with Crippen LogP contribution in [-0.2, 0) is 9.53 Å². The summed E-state index contributed by atoms with van der Waals surface area (Å²) in [5.74, 6) is -1.11. The lowest BCUT2D eigenvalue weighted by molar-refractivity contribution is -0.114. The summed E-state index contributed by atoms with van der Waals surface area (Å²) in [4.78, 5) is 31.2. The number of ether oxygens (including phenoxy) is 1. The molecule has 0 radical (unpaired) electrons. The standard InChI is InChI=1S/C14H10Cl3N3O3/c1-6(21)18-9-5-8(7-3-4-10(15)20-13(7)17)19-12(11(9)16)14(22)23-2/h3-5H,1-2H3,(H,18,19,21). The van der Waals surface area contributed by atoms with E-state index in [4.69, 9.17) is 34.8 Å². The van der Waals surface area contributed by atoms with E-state index in [2.05, 4.69) is 20.0 Å². The molecule has 0 bridgehead atoms. The monoisotopic (exact) mass is 373 g/mol. The second kappa shape index (κ2) is 7.12. The van der Waals surface area contributed by atoms with E-state index in [0.717, 1.165) is 0 Å². The maximum absolute atomic E-state index is 11.8. The van der Waals surface area contributed by atoms with Gasteiger partial charge in [-0.15, -0.1) is 0 Å². The Hall–Kier alpha value is -1.89. The van der Waals surface area contributed by atoms with E-state index in [1.807, 2.05) is 0 Å². The molecule has 0 aliphatic carbocycles. The van der Waals surface area contributed by atoms with E-state index in [1.165, 1.54) is 26.2 Å². The molecule has 0 saturated carbocycles. The summed E-state index contributed by atoms with van der Waals surface area (Å²) in [6.07, 6.45) is 0. The van der Waals surface area contributed by atoms with Crippen molar-refractivity contribution < 1.29 is 14.3 Å². The molecule has 120 valence electrons. The zero-order valence-corrected chi connectivity index (χ0v) is 14.3. The first-order chi connectivity index (χ1) is 10.8. The zero-order chi connectivity index (χ0) is 17.1. The number of hydrogen-bond donors (Lipinski definition) is 1. The molecule has 9 heteroatoms. The first-order valence-electron chi connectivity index (χ1n) is 6.22. The number of halogens is 3. The fourth-order valence-corrected chi connectivity index (χ4v) is 2.45. The molecule has 0 unspecified atom stereocenters. The first-order valence-corrected chi connectivity index (χ1v) is 7.35. The molecule has 2 aromatic heterocycles. The van der Waals surface area contributed by atoms with Crippen LogP contribution in [0.15, 0.2) is 18.2 Å². The number of carbonyl (C=O) groups excluding carboxylic acids is 2. The van der Waals surface area contributed by atoms with E-state index in [1.54, 1.807) is 6.07 Å². The lowest BCUT2D eigenvalue weighted by atomic mass is 10.1. The van der Waals surface area contributed by atoms with Crippen molar-refractivity contribution >= 4 is 52.4 Å². The zero-order valence-electron chi connectivity index (χ0n) is 12.0. The van der Waals surface area contributed by atoms with E-state index in [-0.39, 0.29) is 38.3 Å². The minimum Gasteiger partial charge on any atom is -0.464 e. The Bertz CT molecular complexity index is 796. The number of nitrogens with zero attached hydrogens (tertiary/aromatic N) is 2. The molecule has 1 N–H and O–H groups in total. The Balaban J connectivity index is 2.67. The Morgan fingerprint density at radius 2 is 1.87 bits per heavy atom. The van der Waals surface area contributed by atoms with E-state index in [9.17, 15) is 9.59 Å². The van der Waals surface area contributed by atoms with Crippen molar-refractivity contribution in [3.63, 3.8) is 0 Å². The van der Waals surface area contributed by atoms with Crippen molar-refractivity contribution in [2.24, 2.45) is 0 Å². The Kier molecular flexibility index (Phi) is 5.41. The van der Waals surface area contributed by atoms with Crippen LogP contribution >= 0.6 is 34.8 Å². The SMILES string of the molecule is COC(=O)c1nc(-c2ccc(Cl)nc2Cl)cc(NC(C)=O)c1Cl. The summed E-state index contributed by atoms with van der Waals surface area (Å²) >= 11 is 17.9. The molecule has 0 aliphatic rings. The van der Waals surface area contributed by atoms with Gasteiger partial charge in [-0.2, -0.15) is 0 Å². The lowest BCUT2D eigenvalue weighted by Crippen LogP contribution is -2.12. The highest BCUT2D eigenvalue weighted by atomic mass is 35.5. The third-order valence-electron chi connectivity index (χ3n) is 2.74. The van der Waals surface area contributed by atoms with Gasteiger partial charge in [0.15, 0.2) is 5.69 Å². The number of hydrogen-bond acceptors (Lipinski definition) is 5. The molecular formula is C14H10Cl3N3O3. The van der Waals surface area contributed by atoms with Gasteiger partial charge >= 0.3 is 5.97 Å². The molecule has 2 rings (SSSR count). The molecule has 0 atom stereocenters. The molecule has 23 heavy (non-hydrogen) atoms. The number of rotatable bonds is 3. The van der Waals surface area contributed by atoms with Crippen LogP contribution < -0.4 is 5.32 Å². The maximum atomic E-state index is 11.8. The summed E-state index contributed by atoms with van der Waals surface area (Å²) in [6.45, 7) is 1.31. The molecule has 2 aromatic rings. The van der Waals surface area contributed by atoms with Crippen LogP contribution in [0.5, 0.6) is 0 Å². The number of esters is 1. The minimum absolute atomic E-state index is 0.0335. The van der Waals surface area contributed by atoms with Gasteiger partial charge in [0.05, 0.1) is 23.5 Å². The molecule has 0 spiro atoms. The number of methoxy groups -OCH3 is 1. The van der Waals surface area contributed by atoms with Crippen LogP contribution in [0.1, 0.15) is 17.4 Å². The smallest absolute Gasteiger partial charge is 0.358 e. The number of anilines is 1. The second-order valence-corrected chi connectivity index (χ2v) is 5.49. The van der Waals surface area contributed by atoms with Crippen molar-refractivity contribution in [3.05, 3.63) is 39.2 Å². The normalized spacial score (nSPS) is 10.3. The largest absolute Gasteiger partial charge is 0.464 e. The highest BCUT2D eigenvalue weighted by molar-refractivity contribution is 6.37. The van der Waals surface area contributed by atoms with Gasteiger partial charge in [0.1, 0.15) is 10.3 Å². The van der Waals surface area contributed by atoms with Gasteiger partial charge in [-0.25, -0.2) is 14.8 Å². The molecule has 0 fully saturated rings. The summed E-state index contributed by atoms with van der Waals surface area (Å²) < 4.78 is 4.65. The van der Waals surface area contributed by atoms with Crippen LogP contribution in [0, 0.1) is 0 Å². The molecule has 0 aromatic carbocycles. The molecular weight excluding hydrogens is 365 g/mol. The van der Waals surface area contributed by atoms with Gasteiger partial charge in [0.25, 0.3) is 0 Å². The van der Waals surface area contributed by atoms with Crippen molar-refractivity contribution in [1.29, 1.82) is 0 Å². The topological polar surface area (TPSA) is 81.2 Å².